The molecule has 0 fully saturated rings. The fourth-order valence-electron chi connectivity index (χ4n) is 0.900. The molecule has 14 heavy (non-hydrogen) atoms. The molecule has 1 N–H and O–H groups in total. The summed E-state index contributed by atoms with van der Waals surface area (Å²) >= 11 is 3.18. The Kier molecular flexibility index (Phi) is 3.76. The summed E-state index contributed by atoms with van der Waals surface area (Å²) in [6.07, 6.45) is 1.49. The predicted molar refractivity (Wildman–Crippen MR) is 55.9 cm³/mol. The van der Waals surface area contributed by atoms with E-state index in [0.717, 1.165) is 0 Å². The second-order valence-corrected chi connectivity index (χ2v) is 3.52. The van der Waals surface area contributed by atoms with Crippen molar-refractivity contribution >= 4 is 33.3 Å². The Morgan fingerprint density at radius 2 is 2.29 bits per heavy atom. The molecule has 0 aromatic carbocycles. The van der Waals surface area contributed by atoms with Gasteiger partial charge in [0.1, 0.15) is 10.4 Å². The van der Waals surface area contributed by atoms with E-state index >= 15 is 0 Å². The Labute approximate surface area is 89.9 Å². The second-order valence-electron chi connectivity index (χ2n) is 2.77. The van der Waals surface area contributed by atoms with Crippen molar-refractivity contribution in [1.82, 2.24) is 4.98 Å². The number of hydrogen-bond donors (Lipinski definition) is 1. The largest absolute Gasteiger partial charge is 0.323 e. The summed E-state index contributed by atoms with van der Waals surface area (Å²) in [7, 11) is 0. The number of Topliss-reactive ketones (excluding diaryl/α,β-unsaturated/α-hetero) is 1. The van der Waals surface area contributed by atoms with Crippen LogP contribution in [-0.2, 0) is 9.59 Å². The number of rotatable bonds is 3. The topological polar surface area (TPSA) is 59.1 Å². The van der Waals surface area contributed by atoms with Crippen LogP contribution in [0.15, 0.2) is 22.9 Å². The highest BCUT2D eigenvalue weighted by Crippen LogP contribution is 2.18. The van der Waals surface area contributed by atoms with E-state index in [-0.39, 0.29) is 18.1 Å². The van der Waals surface area contributed by atoms with Gasteiger partial charge in [-0.2, -0.15) is 0 Å². The maximum absolute atomic E-state index is 11.2. The van der Waals surface area contributed by atoms with Crippen molar-refractivity contribution < 1.29 is 9.59 Å². The monoisotopic (exact) mass is 256 g/mol. The highest BCUT2D eigenvalue weighted by Gasteiger charge is 2.07. The second kappa shape index (κ2) is 4.85. The van der Waals surface area contributed by atoms with Crippen LogP contribution in [0.3, 0.4) is 0 Å². The lowest BCUT2D eigenvalue weighted by Gasteiger charge is -2.04. The third-order valence-electron chi connectivity index (χ3n) is 1.44. The van der Waals surface area contributed by atoms with Crippen LogP contribution in [0.4, 0.5) is 5.69 Å². The first-order valence-corrected chi connectivity index (χ1v) is 4.78. The van der Waals surface area contributed by atoms with Crippen molar-refractivity contribution in [3.8, 4) is 0 Å². The van der Waals surface area contributed by atoms with Gasteiger partial charge in [0.2, 0.25) is 5.91 Å². The fraction of sp³-hybridized carbons (Fsp3) is 0.222. The highest BCUT2D eigenvalue weighted by molar-refractivity contribution is 9.10. The molecular weight excluding hydrogens is 248 g/mol. The third-order valence-corrected chi connectivity index (χ3v) is 2.07. The molecule has 0 radical (unpaired) electrons. The molecule has 5 heteroatoms. The van der Waals surface area contributed by atoms with Gasteiger partial charge < -0.3 is 5.32 Å². The molecule has 0 unspecified atom stereocenters. The first kappa shape index (κ1) is 10.8. The number of anilines is 1. The van der Waals surface area contributed by atoms with Crippen molar-refractivity contribution in [3.05, 3.63) is 22.9 Å². The van der Waals surface area contributed by atoms with Crippen molar-refractivity contribution in [2.75, 3.05) is 5.32 Å². The molecule has 74 valence electrons. The lowest BCUT2D eigenvalue weighted by Crippen LogP contribution is -2.15. The molecule has 0 aliphatic heterocycles. The zero-order valence-electron chi connectivity index (χ0n) is 7.58. The van der Waals surface area contributed by atoms with Gasteiger partial charge in [0, 0.05) is 6.20 Å². The summed E-state index contributed by atoms with van der Waals surface area (Å²) in [6, 6.07) is 3.41. The van der Waals surface area contributed by atoms with E-state index < -0.39 is 0 Å². The normalized spacial score (nSPS) is 9.57. The van der Waals surface area contributed by atoms with E-state index in [4.69, 9.17) is 0 Å². The highest BCUT2D eigenvalue weighted by atomic mass is 79.9. The van der Waals surface area contributed by atoms with Crippen LogP contribution >= 0.6 is 15.9 Å². The zero-order valence-corrected chi connectivity index (χ0v) is 9.17. The van der Waals surface area contributed by atoms with Gasteiger partial charge in [-0.3, -0.25) is 9.59 Å². The van der Waals surface area contributed by atoms with E-state index in [1.165, 1.54) is 6.92 Å². The van der Waals surface area contributed by atoms with Crippen LogP contribution in [0, 0.1) is 0 Å². The Morgan fingerprint density at radius 3 is 2.86 bits per heavy atom. The van der Waals surface area contributed by atoms with E-state index in [0.29, 0.717) is 10.3 Å². The molecule has 0 aliphatic carbocycles. The third kappa shape index (κ3) is 3.26. The van der Waals surface area contributed by atoms with Gasteiger partial charge >= 0.3 is 0 Å². The minimum Gasteiger partial charge on any atom is -0.323 e. The number of nitrogens with one attached hydrogen (secondary N) is 1. The van der Waals surface area contributed by atoms with Gasteiger partial charge in [0.15, 0.2) is 0 Å². The van der Waals surface area contributed by atoms with Crippen molar-refractivity contribution in [2.24, 2.45) is 0 Å². The Bertz CT molecular complexity index is 366. The van der Waals surface area contributed by atoms with Crippen LogP contribution in [0.2, 0.25) is 0 Å². The van der Waals surface area contributed by atoms with Gasteiger partial charge in [-0.05, 0) is 35.0 Å². The van der Waals surface area contributed by atoms with Crippen LogP contribution in [0.1, 0.15) is 13.3 Å². The maximum Gasteiger partial charge on any atom is 0.231 e. The molecule has 0 aliphatic rings. The minimum atomic E-state index is -0.328. The molecule has 1 rings (SSSR count). The van der Waals surface area contributed by atoms with Crippen LogP contribution in [-0.4, -0.2) is 16.7 Å². The summed E-state index contributed by atoms with van der Waals surface area (Å²) in [5, 5.41) is 2.57. The average Bonchev–Trinajstić information content (AvgIpc) is 2.07. The maximum atomic E-state index is 11.2. The van der Waals surface area contributed by atoms with E-state index in [9.17, 15) is 9.59 Å². The number of pyridine rings is 1. The summed E-state index contributed by atoms with van der Waals surface area (Å²) in [5.74, 6) is -0.492. The van der Waals surface area contributed by atoms with Crippen molar-refractivity contribution in [2.45, 2.75) is 13.3 Å². The Balaban J connectivity index is 2.65. The number of nitrogens with zero attached hydrogens (tertiary/aromatic N) is 1. The zero-order chi connectivity index (χ0) is 10.6. The number of hydrogen-bond acceptors (Lipinski definition) is 3. The number of aromatic nitrogens is 1. The van der Waals surface area contributed by atoms with Crippen molar-refractivity contribution in [3.63, 3.8) is 0 Å². The number of carbonyl (C=O) groups excluding carboxylic acids is 2. The Hall–Kier alpha value is -1.23. The van der Waals surface area contributed by atoms with E-state index in [1.54, 1.807) is 18.3 Å². The van der Waals surface area contributed by atoms with Crippen LogP contribution in [0.25, 0.3) is 0 Å². The number of ketones is 1. The molecular formula is C9H9BrN2O2. The van der Waals surface area contributed by atoms with Gasteiger partial charge in [-0.15, -0.1) is 0 Å². The van der Waals surface area contributed by atoms with Crippen LogP contribution < -0.4 is 5.32 Å². The lowest BCUT2D eigenvalue weighted by molar-refractivity contribution is -0.124. The molecule has 0 bridgehead atoms. The Morgan fingerprint density at radius 1 is 1.57 bits per heavy atom. The summed E-state index contributed by atoms with van der Waals surface area (Å²) in [6.45, 7) is 1.37. The van der Waals surface area contributed by atoms with E-state index in [1.807, 2.05) is 0 Å². The van der Waals surface area contributed by atoms with Gasteiger partial charge in [0.25, 0.3) is 0 Å². The smallest absolute Gasteiger partial charge is 0.231 e. The van der Waals surface area contributed by atoms with Gasteiger partial charge in [-0.25, -0.2) is 4.98 Å². The number of halogens is 1. The summed E-state index contributed by atoms with van der Waals surface area (Å²) in [4.78, 5) is 25.8. The lowest BCUT2D eigenvalue weighted by atomic mass is 10.3. The van der Waals surface area contributed by atoms with Crippen molar-refractivity contribution in [1.29, 1.82) is 0 Å². The average molecular weight is 257 g/mol. The minimum absolute atomic E-state index is 0.110. The summed E-state index contributed by atoms with van der Waals surface area (Å²) in [5.41, 5.74) is 0.568. The SMILES string of the molecule is CC(=O)CC(=O)Nc1cccnc1Br. The number of amides is 1. The standard InChI is InChI=1S/C9H9BrN2O2/c1-6(13)5-8(14)12-7-3-2-4-11-9(7)10/h2-4H,5H2,1H3,(H,12,14). The first-order valence-electron chi connectivity index (χ1n) is 3.99. The predicted octanol–water partition coefficient (Wildman–Crippen LogP) is 1.76. The molecule has 0 saturated heterocycles. The molecule has 0 saturated carbocycles. The summed E-state index contributed by atoms with van der Waals surface area (Å²) < 4.78 is 0.553. The molecule has 0 spiro atoms. The van der Waals surface area contributed by atoms with Crippen LogP contribution in [0.5, 0.6) is 0 Å². The fourth-order valence-corrected chi connectivity index (χ4v) is 1.25. The number of carbonyl (C=O) groups is 2. The molecule has 1 amide bonds. The molecule has 4 nitrogen and oxygen atoms in total. The quantitative estimate of drug-likeness (QED) is 0.663. The molecule has 1 aromatic rings. The molecule has 1 heterocycles. The molecule has 1 aromatic heterocycles. The molecule has 0 atom stereocenters. The van der Waals surface area contributed by atoms with Gasteiger partial charge in [-0.1, -0.05) is 0 Å². The van der Waals surface area contributed by atoms with Gasteiger partial charge in [0.05, 0.1) is 12.1 Å². The first-order chi connectivity index (χ1) is 6.59. The van der Waals surface area contributed by atoms with E-state index in [2.05, 4.69) is 26.2 Å².